The molecule has 1 heterocycles. The SMILES string of the molecule is CCC(C(=O)Nc1ccc(-c2ccccc2)cc1)n1cc([N+](=O)[O-])cn1. The molecule has 1 unspecified atom stereocenters. The van der Waals surface area contributed by atoms with E-state index in [9.17, 15) is 14.9 Å². The first-order chi connectivity index (χ1) is 12.6. The van der Waals surface area contributed by atoms with Crippen molar-refractivity contribution in [1.82, 2.24) is 9.78 Å². The summed E-state index contributed by atoms with van der Waals surface area (Å²) in [6, 6.07) is 16.9. The summed E-state index contributed by atoms with van der Waals surface area (Å²) in [5.41, 5.74) is 2.68. The number of amides is 1. The van der Waals surface area contributed by atoms with Gasteiger partial charge in [-0.15, -0.1) is 0 Å². The highest BCUT2D eigenvalue weighted by atomic mass is 16.6. The lowest BCUT2D eigenvalue weighted by Gasteiger charge is -2.15. The molecule has 0 aliphatic heterocycles. The Hall–Kier alpha value is -3.48. The van der Waals surface area contributed by atoms with Gasteiger partial charge in [0.25, 0.3) is 0 Å². The molecule has 0 saturated carbocycles. The molecule has 0 fully saturated rings. The van der Waals surface area contributed by atoms with Crippen LogP contribution in [0, 0.1) is 10.1 Å². The summed E-state index contributed by atoms with van der Waals surface area (Å²) >= 11 is 0. The molecule has 0 aliphatic carbocycles. The monoisotopic (exact) mass is 350 g/mol. The van der Waals surface area contributed by atoms with Crippen molar-refractivity contribution in [1.29, 1.82) is 0 Å². The van der Waals surface area contributed by atoms with E-state index < -0.39 is 11.0 Å². The maximum absolute atomic E-state index is 12.5. The minimum Gasteiger partial charge on any atom is -0.324 e. The molecule has 1 N–H and O–H groups in total. The van der Waals surface area contributed by atoms with Gasteiger partial charge in [0.2, 0.25) is 5.91 Å². The van der Waals surface area contributed by atoms with E-state index in [4.69, 9.17) is 0 Å². The lowest BCUT2D eigenvalue weighted by atomic mass is 10.1. The van der Waals surface area contributed by atoms with Crippen molar-refractivity contribution in [2.75, 3.05) is 5.32 Å². The molecule has 1 amide bonds. The van der Waals surface area contributed by atoms with E-state index >= 15 is 0 Å². The van der Waals surface area contributed by atoms with Crippen LogP contribution in [0.4, 0.5) is 11.4 Å². The van der Waals surface area contributed by atoms with Crippen molar-refractivity contribution in [3.63, 3.8) is 0 Å². The second-order valence-electron chi connectivity index (χ2n) is 5.79. The third kappa shape index (κ3) is 3.77. The van der Waals surface area contributed by atoms with E-state index in [2.05, 4.69) is 10.4 Å². The van der Waals surface area contributed by atoms with Gasteiger partial charge in [-0.3, -0.25) is 19.6 Å². The van der Waals surface area contributed by atoms with Crippen molar-refractivity contribution >= 4 is 17.3 Å². The van der Waals surface area contributed by atoms with Crippen molar-refractivity contribution in [3.05, 3.63) is 77.1 Å². The Morgan fingerprint density at radius 2 is 1.81 bits per heavy atom. The molecular formula is C19H18N4O3. The number of rotatable bonds is 6. The van der Waals surface area contributed by atoms with Gasteiger partial charge in [-0.05, 0) is 29.7 Å². The zero-order chi connectivity index (χ0) is 18.5. The normalized spacial score (nSPS) is 11.7. The van der Waals surface area contributed by atoms with Gasteiger partial charge in [-0.1, -0.05) is 49.4 Å². The van der Waals surface area contributed by atoms with Crippen molar-refractivity contribution in [3.8, 4) is 11.1 Å². The molecule has 1 aromatic heterocycles. The van der Waals surface area contributed by atoms with Gasteiger partial charge in [0.1, 0.15) is 18.4 Å². The van der Waals surface area contributed by atoms with E-state index in [1.807, 2.05) is 61.5 Å². The number of nitrogens with zero attached hydrogens (tertiary/aromatic N) is 3. The van der Waals surface area contributed by atoms with Crippen LogP contribution >= 0.6 is 0 Å². The lowest BCUT2D eigenvalue weighted by Crippen LogP contribution is -2.25. The highest BCUT2D eigenvalue weighted by Gasteiger charge is 2.22. The molecule has 7 nitrogen and oxygen atoms in total. The second kappa shape index (κ2) is 7.60. The molecule has 0 radical (unpaired) electrons. The summed E-state index contributed by atoms with van der Waals surface area (Å²) in [7, 11) is 0. The minimum atomic E-state index is -0.613. The molecular weight excluding hydrogens is 332 g/mol. The van der Waals surface area contributed by atoms with E-state index in [-0.39, 0.29) is 11.6 Å². The van der Waals surface area contributed by atoms with Crippen LogP contribution < -0.4 is 5.32 Å². The van der Waals surface area contributed by atoms with Crippen LogP contribution in [0.5, 0.6) is 0 Å². The maximum Gasteiger partial charge on any atom is 0.307 e. The van der Waals surface area contributed by atoms with Gasteiger partial charge in [-0.25, -0.2) is 0 Å². The Bertz CT molecular complexity index is 904. The van der Waals surface area contributed by atoms with E-state index in [0.29, 0.717) is 12.1 Å². The number of nitrogens with one attached hydrogen (secondary N) is 1. The molecule has 26 heavy (non-hydrogen) atoms. The fraction of sp³-hybridized carbons (Fsp3) is 0.158. The number of benzene rings is 2. The van der Waals surface area contributed by atoms with Crippen LogP contribution in [0.3, 0.4) is 0 Å². The summed E-state index contributed by atoms with van der Waals surface area (Å²) in [5, 5.41) is 17.6. The molecule has 3 aromatic rings. The molecule has 1 atom stereocenters. The second-order valence-corrected chi connectivity index (χ2v) is 5.79. The van der Waals surface area contributed by atoms with Crippen LogP contribution in [0.15, 0.2) is 67.0 Å². The smallest absolute Gasteiger partial charge is 0.307 e. The van der Waals surface area contributed by atoms with Gasteiger partial charge in [0, 0.05) is 5.69 Å². The third-order valence-electron chi connectivity index (χ3n) is 4.07. The predicted octanol–water partition coefficient (Wildman–Crippen LogP) is 4.05. The number of aromatic nitrogens is 2. The van der Waals surface area contributed by atoms with Crippen molar-refractivity contribution < 1.29 is 9.72 Å². The fourth-order valence-electron chi connectivity index (χ4n) is 2.69. The van der Waals surface area contributed by atoms with Crippen LogP contribution in [0.2, 0.25) is 0 Å². The summed E-state index contributed by atoms with van der Waals surface area (Å²) in [6.45, 7) is 1.83. The third-order valence-corrected chi connectivity index (χ3v) is 4.07. The molecule has 0 aliphatic rings. The number of nitro groups is 1. The number of carbonyl (C=O) groups is 1. The predicted molar refractivity (Wildman–Crippen MR) is 98.7 cm³/mol. The summed E-state index contributed by atoms with van der Waals surface area (Å²) in [4.78, 5) is 22.8. The van der Waals surface area contributed by atoms with Gasteiger partial charge in [-0.2, -0.15) is 5.10 Å². The average Bonchev–Trinajstić information content (AvgIpc) is 3.14. The Balaban J connectivity index is 1.72. The highest BCUT2D eigenvalue weighted by Crippen LogP contribution is 2.22. The Labute approximate surface area is 150 Å². The Morgan fingerprint density at radius 1 is 1.15 bits per heavy atom. The van der Waals surface area contributed by atoms with Gasteiger partial charge >= 0.3 is 5.69 Å². The highest BCUT2D eigenvalue weighted by molar-refractivity contribution is 5.93. The molecule has 0 saturated heterocycles. The van der Waals surface area contributed by atoms with Crippen LogP contribution in [0.1, 0.15) is 19.4 Å². The Morgan fingerprint density at radius 3 is 2.38 bits per heavy atom. The lowest BCUT2D eigenvalue weighted by molar-refractivity contribution is -0.385. The van der Waals surface area contributed by atoms with Crippen LogP contribution in [-0.2, 0) is 4.79 Å². The van der Waals surface area contributed by atoms with Crippen molar-refractivity contribution in [2.24, 2.45) is 0 Å². The maximum atomic E-state index is 12.5. The first-order valence-electron chi connectivity index (χ1n) is 8.23. The van der Waals surface area contributed by atoms with E-state index in [0.717, 1.165) is 17.3 Å². The van der Waals surface area contributed by atoms with Crippen molar-refractivity contribution in [2.45, 2.75) is 19.4 Å². The first-order valence-corrected chi connectivity index (χ1v) is 8.23. The number of hydrogen-bond donors (Lipinski definition) is 1. The summed E-state index contributed by atoms with van der Waals surface area (Å²) in [6.07, 6.45) is 2.88. The minimum absolute atomic E-state index is 0.136. The molecule has 2 aromatic carbocycles. The zero-order valence-corrected chi connectivity index (χ0v) is 14.2. The van der Waals surface area contributed by atoms with Crippen LogP contribution in [0.25, 0.3) is 11.1 Å². The number of anilines is 1. The van der Waals surface area contributed by atoms with E-state index in [1.54, 1.807) is 0 Å². The summed E-state index contributed by atoms with van der Waals surface area (Å²) in [5.74, 6) is -0.266. The van der Waals surface area contributed by atoms with E-state index in [1.165, 1.54) is 10.9 Å². The number of hydrogen-bond acceptors (Lipinski definition) is 4. The topological polar surface area (TPSA) is 90.1 Å². The Kier molecular flexibility index (Phi) is 5.07. The zero-order valence-electron chi connectivity index (χ0n) is 14.2. The number of carbonyl (C=O) groups excluding carboxylic acids is 1. The van der Waals surface area contributed by atoms with Gasteiger partial charge < -0.3 is 5.32 Å². The standard InChI is InChI=1S/C19H18N4O3/c1-2-18(22-13-17(12-20-22)23(25)26)19(24)21-16-10-8-15(9-11-16)14-6-4-3-5-7-14/h3-13,18H,2H2,1H3,(H,21,24). The van der Waals surface area contributed by atoms with Gasteiger partial charge in [0.15, 0.2) is 0 Å². The first kappa shape index (κ1) is 17.3. The quantitative estimate of drug-likeness (QED) is 0.536. The molecule has 0 bridgehead atoms. The molecule has 132 valence electrons. The molecule has 0 spiro atoms. The fourth-order valence-corrected chi connectivity index (χ4v) is 2.69. The largest absolute Gasteiger partial charge is 0.324 e. The van der Waals surface area contributed by atoms with Gasteiger partial charge in [0.05, 0.1) is 4.92 Å². The molecule has 7 heteroatoms. The van der Waals surface area contributed by atoms with Crippen LogP contribution in [-0.4, -0.2) is 20.6 Å². The summed E-state index contributed by atoms with van der Waals surface area (Å²) < 4.78 is 1.33. The molecule has 3 rings (SSSR count). The average molecular weight is 350 g/mol.